The molecule has 12 heavy (non-hydrogen) atoms. The summed E-state index contributed by atoms with van der Waals surface area (Å²) in [5, 5.41) is 17.5. The summed E-state index contributed by atoms with van der Waals surface area (Å²) in [4.78, 5) is 11.2. The van der Waals surface area contributed by atoms with Crippen LogP contribution < -0.4 is 0 Å². The Morgan fingerprint density at radius 2 is 2.25 bits per heavy atom. The van der Waals surface area contributed by atoms with Gasteiger partial charge in [-0.25, -0.2) is 0 Å². The Balaban J connectivity index is 2.75. The Kier molecular flexibility index (Phi) is 2.84. The number of hydrogen-bond donors (Lipinski definition) is 2. The maximum atomic E-state index is 11.2. The quantitative estimate of drug-likeness (QED) is 0.580. The second-order valence-corrected chi connectivity index (χ2v) is 2.77. The Labute approximate surface area is 71.6 Å². The molecule has 0 aromatic heterocycles. The monoisotopic (exact) mass is 166 g/mol. The van der Waals surface area contributed by atoms with E-state index >= 15 is 0 Å². The average Bonchev–Trinajstić information content (AvgIpc) is 2.03. The molecule has 1 aliphatic rings. The topological polar surface area (TPSA) is 57.5 Å². The normalized spacial score (nSPS) is 22.4. The molecule has 1 aliphatic carbocycles. The minimum absolute atomic E-state index is 0.232. The van der Waals surface area contributed by atoms with Crippen LogP contribution in [0.15, 0.2) is 23.8 Å². The molecule has 0 radical (unpaired) electrons. The van der Waals surface area contributed by atoms with Gasteiger partial charge in [-0.3, -0.25) is 4.79 Å². The first kappa shape index (κ1) is 9.22. The maximum absolute atomic E-state index is 11.2. The molecule has 0 bridgehead atoms. The van der Waals surface area contributed by atoms with Crippen molar-refractivity contribution in [2.24, 2.45) is 0 Å². The average molecular weight is 166 g/mol. The van der Waals surface area contributed by atoms with Crippen molar-refractivity contribution in [3.63, 3.8) is 0 Å². The van der Waals surface area contributed by atoms with Crippen molar-refractivity contribution in [1.82, 2.24) is 0 Å². The molecule has 4 heteroatoms. The van der Waals surface area contributed by atoms with Crippen molar-refractivity contribution in [1.29, 1.82) is 0 Å². The Bertz CT molecular complexity index is 243. The zero-order chi connectivity index (χ0) is 9.14. The number of carbonyl (C=O) groups is 1. The third-order valence-corrected chi connectivity index (χ3v) is 1.90. The van der Waals surface area contributed by atoms with Crippen LogP contribution in [0.3, 0.4) is 0 Å². The fourth-order valence-electron chi connectivity index (χ4n) is 1.12. The molecule has 0 aromatic carbocycles. The molecule has 0 aromatic rings. The van der Waals surface area contributed by atoms with Gasteiger partial charge in [-0.1, -0.05) is 19.1 Å². The van der Waals surface area contributed by atoms with Crippen LogP contribution in [-0.4, -0.2) is 22.9 Å². The summed E-state index contributed by atoms with van der Waals surface area (Å²) in [6.45, 7) is 1.94. The minimum atomic E-state index is -1.58. The number of allylic oxidation sites excluding steroid dienone is 4. The lowest BCUT2D eigenvalue weighted by molar-refractivity contribution is -0.114. The summed E-state index contributed by atoms with van der Waals surface area (Å²) in [5.74, 6) is -1.01. The number of hydrogen-bond acceptors (Lipinski definition) is 3. The molecule has 0 spiro atoms. The Morgan fingerprint density at radius 3 is 2.67 bits per heavy atom. The maximum Gasteiger partial charge on any atom is 0.466 e. The smallest absolute Gasteiger partial charge is 0.426 e. The number of carbonyl (C=O) groups excluding carboxylic acids is 1. The standard InChI is InChI=1S/C8H11BO3/c1-2-6-3-4-7(9(11)12)8(10)5-6/h3-5,7,11-12H,2H2,1H3. The van der Waals surface area contributed by atoms with Gasteiger partial charge >= 0.3 is 7.12 Å². The minimum Gasteiger partial charge on any atom is -0.426 e. The third kappa shape index (κ3) is 1.84. The summed E-state index contributed by atoms with van der Waals surface area (Å²) < 4.78 is 0. The van der Waals surface area contributed by atoms with Crippen LogP contribution in [0.2, 0.25) is 5.82 Å². The molecule has 0 fully saturated rings. The SMILES string of the molecule is CCC1=CC(=O)C(B(O)O)C=C1. The second-order valence-electron chi connectivity index (χ2n) is 2.77. The summed E-state index contributed by atoms with van der Waals surface area (Å²) in [7, 11) is -1.58. The molecule has 1 atom stereocenters. The summed E-state index contributed by atoms with van der Waals surface area (Å²) in [6, 6.07) is 0. The Morgan fingerprint density at radius 1 is 1.58 bits per heavy atom. The highest BCUT2D eigenvalue weighted by Crippen LogP contribution is 2.20. The summed E-state index contributed by atoms with van der Waals surface area (Å²) in [6.07, 6.45) is 5.54. The number of rotatable bonds is 2. The molecule has 1 rings (SSSR count). The van der Waals surface area contributed by atoms with Crippen LogP contribution in [0.25, 0.3) is 0 Å². The Hall–Kier alpha value is -0.865. The highest BCUT2D eigenvalue weighted by Gasteiger charge is 2.28. The van der Waals surface area contributed by atoms with Crippen LogP contribution in [0, 0.1) is 0 Å². The van der Waals surface area contributed by atoms with Gasteiger partial charge in [-0.15, -0.1) is 0 Å². The molecule has 0 aliphatic heterocycles. The van der Waals surface area contributed by atoms with Gasteiger partial charge in [0, 0.05) is 0 Å². The fourth-order valence-corrected chi connectivity index (χ4v) is 1.12. The summed E-state index contributed by atoms with van der Waals surface area (Å²) >= 11 is 0. The van der Waals surface area contributed by atoms with E-state index in [1.807, 2.05) is 6.92 Å². The van der Waals surface area contributed by atoms with Gasteiger partial charge in [-0.2, -0.15) is 0 Å². The van der Waals surface area contributed by atoms with Crippen molar-refractivity contribution < 1.29 is 14.8 Å². The van der Waals surface area contributed by atoms with E-state index in [4.69, 9.17) is 10.0 Å². The number of ketones is 1. The van der Waals surface area contributed by atoms with Crippen LogP contribution in [0.5, 0.6) is 0 Å². The van der Waals surface area contributed by atoms with E-state index in [-0.39, 0.29) is 5.78 Å². The van der Waals surface area contributed by atoms with E-state index in [0.29, 0.717) is 0 Å². The molecule has 0 saturated heterocycles. The van der Waals surface area contributed by atoms with E-state index in [9.17, 15) is 4.79 Å². The van der Waals surface area contributed by atoms with Crippen molar-refractivity contribution in [3.05, 3.63) is 23.8 Å². The molecule has 64 valence electrons. The molecule has 0 saturated carbocycles. The van der Waals surface area contributed by atoms with Crippen LogP contribution >= 0.6 is 0 Å². The van der Waals surface area contributed by atoms with Gasteiger partial charge in [0.2, 0.25) is 0 Å². The van der Waals surface area contributed by atoms with E-state index < -0.39 is 12.9 Å². The third-order valence-electron chi connectivity index (χ3n) is 1.90. The van der Waals surface area contributed by atoms with E-state index in [2.05, 4.69) is 0 Å². The van der Waals surface area contributed by atoms with Crippen molar-refractivity contribution in [2.45, 2.75) is 19.2 Å². The zero-order valence-corrected chi connectivity index (χ0v) is 6.90. The fraction of sp³-hybridized carbons (Fsp3) is 0.375. The van der Waals surface area contributed by atoms with Gasteiger partial charge in [0.05, 0.1) is 5.82 Å². The lowest BCUT2D eigenvalue weighted by Crippen LogP contribution is -2.26. The second kappa shape index (κ2) is 3.69. The molecule has 3 nitrogen and oxygen atoms in total. The molecular formula is C8H11BO3. The molecule has 0 amide bonds. The van der Waals surface area contributed by atoms with Crippen LogP contribution in [0.4, 0.5) is 0 Å². The predicted molar refractivity (Wildman–Crippen MR) is 46.5 cm³/mol. The molecule has 2 N–H and O–H groups in total. The van der Waals surface area contributed by atoms with Gasteiger partial charge in [0.1, 0.15) is 0 Å². The van der Waals surface area contributed by atoms with Crippen LogP contribution in [-0.2, 0) is 4.79 Å². The lowest BCUT2D eigenvalue weighted by Gasteiger charge is -2.12. The highest BCUT2D eigenvalue weighted by atomic mass is 16.4. The van der Waals surface area contributed by atoms with Gasteiger partial charge in [0.15, 0.2) is 5.78 Å². The van der Waals surface area contributed by atoms with Crippen molar-refractivity contribution >= 4 is 12.9 Å². The van der Waals surface area contributed by atoms with Crippen molar-refractivity contribution in [2.75, 3.05) is 0 Å². The molecule has 1 unspecified atom stereocenters. The van der Waals surface area contributed by atoms with Crippen molar-refractivity contribution in [3.8, 4) is 0 Å². The first-order chi connectivity index (χ1) is 5.65. The lowest BCUT2D eigenvalue weighted by atomic mass is 9.68. The summed E-state index contributed by atoms with van der Waals surface area (Å²) in [5.41, 5.74) is 0.928. The van der Waals surface area contributed by atoms with E-state index in [1.165, 1.54) is 12.2 Å². The first-order valence-electron chi connectivity index (χ1n) is 3.94. The zero-order valence-electron chi connectivity index (χ0n) is 6.90. The first-order valence-corrected chi connectivity index (χ1v) is 3.94. The van der Waals surface area contributed by atoms with Gasteiger partial charge < -0.3 is 10.0 Å². The molecular weight excluding hydrogens is 155 g/mol. The van der Waals surface area contributed by atoms with E-state index in [1.54, 1.807) is 6.08 Å². The largest absolute Gasteiger partial charge is 0.466 e. The van der Waals surface area contributed by atoms with Gasteiger partial charge in [-0.05, 0) is 18.1 Å². The van der Waals surface area contributed by atoms with E-state index in [0.717, 1.165) is 12.0 Å². The molecule has 0 heterocycles. The van der Waals surface area contributed by atoms with Crippen LogP contribution in [0.1, 0.15) is 13.3 Å². The van der Waals surface area contributed by atoms with Gasteiger partial charge in [0.25, 0.3) is 0 Å². The highest BCUT2D eigenvalue weighted by molar-refractivity contribution is 6.51. The predicted octanol–water partition coefficient (Wildman–Crippen LogP) is 0.305.